The maximum atomic E-state index is 4.85. The summed E-state index contributed by atoms with van der Waals surface area (Å²) in [5.74, 6) is 0. The Hall–Kier alpha value is -0.500. The van der Waals surface area contributed by atoms with Crippen molar-refractivity contribution in [2.75, 3.05) is 13.1 Å². The Morgan fingerprint density at radius 3 is 2.44 bits per heavy atom. The molecule has 0 saturated carbocycles. The smallest absolute Gasteiger partial charge is 0.0144 e. The highest BCUT2D eigenvalue weighted by Gasteiger charge is 1.84. The van der Waals surface area contributed by atoms with Gasteiger partial charge in [0.2, 0.25) is 0 Å². The number of rotatable bonds is 0. The minimum atomic E-state index is 0.750. The third kappa shape index (κ3) is 7.50. The average Bonchev–Trinajstić information content (AvgIpc) is 1.93. The Kier molecular flexibility index (Phi) is 7.08. The number of allylic oxidation sites excluding steroid dienone is 1. The highest BCUT2D eigenvalue weighted by molar-refractivity contribution is 4.83. The zero-order valence-electron chi connectivity index (χ0n) is 6.06. The van der Waals surface area contributed by atoms with Crippen molar-refractivity contribution in [3.05, 3.63) is 12.3 Å². The van der Waals surface area contributed by atoms with Crippen LogP contribution in [-0.4, -0.2) is 13.1 Å². The summed E-state index contributed by atoms with van der Waals surface area (Å²) in [5, 5.41) is 3.10. The van der Waals surface area contributed by atoms with E-state index >= 15 is 0 Å². The highest BCUT2D eigenvalue weighted by Crippen LogP contribution is 1.91. The van der Waals surface area contributed by atoms with Gasteiger partial charge in [-0.05, 0) is 25.6 Å². The van der Waals surface area contributed by atoms with Crippen LogP contribution in [0.25, 0.3) is 0 Å². The first kappa shape index (κ1) is 8.50. The summed E-state index contributed by atoms with van der Waals surface area (Å²) in [6, 6.07) is 0. The van der Waals surface area contributed by atoms with Crippen LogP contribution in [0.1, 0.15) is 19.8 Å². The molecule has 0 atom stereocenters. The van der Waals surface area contributed by atoms with Crippen LogP contribution in [0.2, 0.25) is 0 Å². The molecule has 0 amide bonds. The predicted molar refractivity (Wildman–Crippen MR) is 41.1 cm³/mol. The van der Waals surface area contributed by atoms with Gasteiger partial charge in [-0.15, -0.1) is 0 Å². The lowest BCUT2D eigenvalue weighted by Crippen LogP contribution is -2.09. The second kappa shape index (κ2) is 7.50. The number of nitrogens with two attached hydrogens (primary N) is 1. The van der Waals surface area contributed by atoms with E-state index in [1.807, 2.05) is 13.1 Å². The van der Waals surface area contributed by atoms with Gasteiger partial charge >= 0.3 is 0 Å². The lowest BCUT2D eigenvalue weighted by atomic mass is 10.2. The molecule has 0 aromatic carbocycles. The SMILES string of the molecule is C1=CNCCC1.CCN. The summed E-state index contributed by atoms with van der Waals surface area (Å²) in [5.41, 5.74) is 4.85. The molecule has 0 unspecified atom stereocenters. The molecule has 0 fully saturated rings. The van der Waals surface area contributed by atoms with Crippen molar-refractivity contribution in [2.45, 2.75) is 19.8 Å². The minimum absolute atomic E-state index is 0.750. The van der Waals surface area contributed by atoms with Crippen LogP contribution in [-0.2, 0) is 0 Å². The Morgan fingerprint density at radius 2 is 2.33 bits per heavy atom. The predicted octanol–water partition coefficient (Wildman–Crippen LogP) is 0.848. The van der Waals surface area contributed by atoms with Crippen LogP contribution < -0.4 is 11.1 Å². The van der Waals surface area contributed by atoms with Gasteiger partial charge in [0.05, 0.1) is 0 Å². The third-order valence-corrected chi connectivity index (χ3v) is 0.928. The molecule has 0 aliphatic carbocycles. The Balaban J connectivity index is 0.000000187. The zero-order valence-corrected chi connectivity index (χ0v) is 6.06. The van der Waals surface area contributed by atoms with Crippen molar-refractivity contribution in [3.63, 3.8) is 0 Å². The molecule has 0 aromatic heterocycles. The Bertz CT molecular complexity index is 61.3. The fraction of sp³-hybridized carbons (Fsp3) is 0.714. The first-order valence-corrected chi connectivity index (χ1v) is 3.50. The number of hydrogen-bond donors (Lipinski definition) is 2. The van der Waals surface area contributed by atoms with Crippen LogP contribution in [0, 0.1) is 0 Å². The maximum absolute atomic E-state index is 4.85. The molecule has 1 aliphatic rings. The van der Waals surface area contributed by atoms with E-state index in [0.717, 1.165) is 13.1 Å². The van der Waals surface area contributed by atoms with E-state index in [2.05, 4.69) is 11.4 Å². The summed E-state index contributed by atoms with van der Waals surface area (Å²) in [6.45, 7) is 3.82. The van der Waals surface area contributed by atoms with Gasteiger partial charge in [0.1, 0.15) is 0 Å². The molecule has 2 heteroatoms. The molecule has 0 spiro atoms. The van der Waals surface area contributed by atoms with Gasteiger partial charge in [0.25, 0.3) is 0 Å². The molecular formula is C7H16N2. The van der Waals surface area contributed by atoms with Crippen molar-refractivity contribution in [1.29, 1.82) is 0 Å². The van der Waals surface area contributed by atoms with Crippen molar-refractivity contribution < 1.29 is 0 Å². The van der Waals surface area contributed by atoms with Gasteiger partial charge in [-0.3, -0.25) is 0 Å². The zero-order chi connectivity index (χ0) is 6.95. The lowest BCUT2D eigenvalue weighted by Gasteiger charge is -2.02. The van der Waals surface area contributed by atoms with Crippen molar-refractivity contribution in [2.24, 2.45) is 5.73 Å². The normalized spacial score (nSPS) is 15.3. The Morgan fingerprint density at radius 1 is 1.67 bits per heavy atom. The van der Waals surface area contributed by atoms with Gasteiger partial charge in [-0.2, -0.15) is 0 Å². The summed E-state index contributed by atoms with van der Waals surface area (Å²) in [6.07, 6.45) is 6.73. The summed E-state index contributed by atoms with van der Waals surface area (Å²) in [7, 11) is 0. The largest absolute Gasteiger partial charge is 0.391 e. The number of hydrogen-bond acceptors (Lipinski definition) is 2. The first-order chi connectivity index (χ1) is 4.41. The van der Waals surface area contributed by atoms with Crippen molar-refractivity contribution >= 4 is 0 Å². The van der Waals surface area contributed by atoms with E-state index in [-0.39, 0.29) is 0 Å². The third-order valence-electron chi connectivity index (χ3n) is 0.928. The summed E-state index contributed by atoms with van der Waals surface area (Å²) in [4.78, 5) is 0. The van der Waals surface area contributed by atoms with Crippen LogP contribution in [0.15, 0.2) is 12.3 Å². The molecule has 1 rings (SSSR count). The van der Waals surface area contributed by atoms with Crippen LogP contribution in [0.5, 0.6) is 0 Å². The standard InChI is InChI=1S/C5H9N.C2H7N/c1-2-4-6-5-3-1;1-2-3/h2,4,6H,1,3,5H2;2-3H2,1H3. The molecule has 1 heterocycles. The Labute approximate surface area is 57.1 Å². The average molecular weight is 128 g/mol. The molecule has 0 radical (unpaired) electrons. The summed E-state index contributed by atoms with van der Waals surface area (Å²) < 4.78 is 0. The molecule has 1 aliphatic heterocycles. The van der Waals surface area contributed by atoms with Crippen LogP contribution >= 0.6 is 0 Å². The lowest BCUT2D eigenvalue weighted by molar-refractivity contribution is 0.728. The molecule has 0 bridgehead atoms. The van der Waals surface area contributed by atoms with Crippen LogP contribution in [0.4, 0.5) is 0 Å². The van der Waals surface area contributed by atoms with E-state index in [9.17, 15) is 0 Å². The molecule has 54 valence electrons. The van der Waals surface area contributed by atoms with Gasteiger partial charge in [0, 0.05) is 6.54 Å². The molecule has 2 nitrogen and oxygen atoms in total. The van der Waals surface area contributed by atoms with E-state index in [4.69, 9.17) is 5.73 Å². The fourth-order valence-corrected chi connectivity index (χ4v) is 0.572. The summed E-state index contributed by atoms with van der Waals surface area (Å²) >= 11 is 0. The quantitative estimate of drug-likeness (QED) is 0.507. The highest BCUT2D eigenvalue weighted by atomic mass is 14.8. The molecule has 0 saturated heterocycles. The monoisotopic (exact) mass is 128 g/mol. The molecular weight excluding hydrogens is 112 g/mol. The van der Waals surface area contributed by atoms with Crippen LogP contribution in [0.3, 0.4) is 0 Å². The molecule has 0 aromatic rings. The molecule has 9 heavy (non-hydrogen) atoms. The van der Waals surface area contributed by atoms with Gasteiger partial charge in [-0.25, -0.2) is 0 Å². The van der Waals surface area contributed by atoms with Crippen molar-refractivity contribution in [3.8, 4) is 0 Å². The topological polar surface area (TPSA) is 38.0 Å². The van der Waals surface area contributed by atoms with E-state index in [1.54, 1.807) is 0 Å². The van der Waals surface area contributed by atoms with Gasteiger partial charge < -0.3 is 11.1 Å². The fourth-order valence-electron chi connectivity index (χ4n) is 0.572. The maximum Gasteiger partial charge on any atom is 0.0144 e. The number of nitrogens with one attached hydrogen (secondary N) is 1. The second-order valence-corrected chi connectivity index (χ2v) is 1.91. The van der Waals surface area contributed by atoms with E-state index < -0.39 is 0 Å². The molecule has 3 N–H and O–H groups in total. The van der Waals surface area contributed by atoms with E-state index in [1.165, 1.54) is 12.8 Å². The van der Waals surface area contributed by atoms with Gasteiger partial charge in [0.15, 0.2) is 0 Å². The first-order valence-electron chi connectivity index (χ1n) is 3.50. The second-order valence-electron chi connectivity index (χ2n) is 1.91. The van der Waals surface area contributed by atoms with Crippen molar-refractivity contribution in [1.82, 2.24) is 5.32 Å². The van der Waals surface area contributed by atoms with E-state index in [0.29, 0.717) is 0 Å². The van der Waals surface area contributed by atoms with Gasteiger partial charge in [-0.1, -0.05) is 13.0 Å². The minimum Gasteiger partial charge on any atom is -0.391 e.